The van der Waals surface area contributed by atoms with Gasteiger partial charge in [-0.15, -0.1) is 0 Å². The molecule has 1 heterocycles. The van der Waals surface area contributed by atoms with E-state index < -0.39 is 28.6 Å². The van der Waals surface area contributed by atoms with Gasteiger partial charge in [-0.05, 0) is 39.3 Å². The van der Waals surface area contributed by atoms with E-state index >= 15 is 0 Å². The molecule has 0 saturated heterocycles. The molecule has 0 N–H and O–H groups in total. The zero-order valence-corrected chi connectivity index (χ0v) is 13.6. The third kappa shape index (κ3) is 6.39. The van der Waals surface area contributed by atoms with E-state index in [2.05, 4.69) is 9.38 Å². The molecule has 7 heteroatoms. The fourth-order valence-electron chi connectivity index (χ4n) is 1.25. The first-order valence-electron chi connectivity index (χ1n) is 6.42. The second-order valence-electron chi connectivity index (χ2n) is 5.83. The molecule has 21 heavy (non-hydrogen) atoms. The molecular formula is C14H20F2N2O2S. The molecule has 0 radical (unpaired) electrons. The van der Waals surface area contributed by atoms with Gasteiger partial charge in [0.1, 0.15) is 28.1 Å². The van der Waals surface area contributed by atoms with Gasteiger partial charge in [-0.3, -0.25) is 4.98 Å². The van der Waals surface area contributed by atoms with Crippen LogP contribution in [0, 0.1) is 6.92 Å². The molecule has 4 nitrogen and oxygen atoms in total. The first kappa shape index (κ1) is 17.8. The quantitative estimate of drug-likeness (QED) is 0.618. The van der Waals surface area contributed by atoms with Crippen molar-refractivity contribution in [2.75, 3.05) is 6.61 Å². The normalized spacial score (nSPS) is 14.5. The van der Waals surface area contributed by atoms with Gasteiger partial charge in [0.25, 0.3) is 5.92 Å². The summed E-state index contributed by atoms with van der Waals surface area (Å²) in [7, 11) is 0. The summed E-state index contributed by atoms with van der Waals surface area (Å²) >= 11 is -1.37. The van der Waals surface area contributed by atoms with Crippen LogP contribution in [0.1, 0.15) is 39.0 Å². The summed E-state index contributed by atoms with van der Waals surface area (Å²) < 4.78 is 45.8. The maximum absolute atomic E-state index is 12.7. The van der Waals surface area contributed by atoms with Crippen LogP contribution in [0.2, 0.25) is 0 Å². The van der Waals surface area contributed by atoms with Gasteiger partial charge in [0.05, 0.1) is 11.9 Å². The Kier molecular flexibility index (Phi) is 5.69. The second kappa shape index (κ2) is 6.70. The van der Waals surface area contributed by atoms with Gasteiger partial charge in [0.2, 0.25) is 0 Å². The zero-order chi connectivity index (χ0) is 16.3. The highest BCUT2D eigenvalue weighted by molar-refractivity contribution is 7.91. The SMILES string of the molecule is Cc1cc(C=N[S+]([O-])C(C)(C)C)ncc1OCC(C)(F)F. The summed E-state index contributed by atoms with van der Waals surface area (Å²) in [4.78, 5) is 4.04. The zero-order valence-electron chi connectivity index (χ0n) is 12.8. The van der Waals surface area contributed by atoms with Crippen molar-refractivity contribution in [1.29, 1.82) is 0 Å². The maximum atomic E-state index is 12.7. The Balaban J connectivity index is 2.77. The smallest absolute Gasteiger partial charge is 0.278 e. The van der Waals surface area contributed by atoms with E-state index in [-0.39, 0.29) is 0 Å². The Morgan fingerprint density at radius 2 is 2.00 bits per heavy atom. The van der Waals surface area contributed by atoms with Crippen LogP contribution in [0.3, 0.4) is 0 Å². The Morgan fingerprint density at radius 1 is 1.38 bits per heavy atom. The highest BCUT2D eigenvalue weighted by Crippen LogP contribution is 2.21. The van der Waals surface area contributed by atoms with Crippen molar-refractivity contribution in [1.82, 2.24) is 4.98 Å². The van der Waals surface area contributed by atoms with Gasteiger partial charge >= 0.3 is 0 Å². The predicted octanol–water partition coefficient (Wildman–Crippen LogP) is 3.31. The van der Waals surface area contributed by atoms with Crippen molar-refractivity contribution >= 4 is 17.6 Å². The fraction of sp³-hybridized carbons (Fsp3) is 0.571. The standard InChI is InChI=1S/C14H20F2N2O2S/c1-10-6-11(7-18-21(19)13(2,3)4)17-8-12(10)20-9-14(5,15)16/h6-8H,9H2,1-5H3. The lowest BCUT2D eigenvalue weighted by Crippen LogP contribution is -2.25. The molecule has 1 rings (SSSR count). The Hall–Kier alpha value is -1.21. The molecular weight excluding hydrogens is 298 g/mol. The minimum absolute atomic E-state index is 0.297. The van der Waals surface area contributed by atoms with Crippen LogP contribution in [0.25, 0.3) is 0 Å². The van der Waals surface area contributed by atoms with Crippen molar-refractivity contribution in [3.05, 3.63) is 23.5 Å². The Morgan fingerprint density at radius 3 is 2.48 bits per heavy atom. The van der Waals surface area contributed by atoms with Crippen molar-refractivity contribution in [3.8, 4) is 5.75 Å². The highest BCUT2D eigenvalue weighted by Gasteiger charge is 2.26. The Labute approximate surface area is 127 Å². The minimum atomic E-state index is -2.89. The van der Waals surface area contributed by atoms with Crippen LogP contribution < -0.4 is 4.74 Å². The van der Waals surface area contributed by atoms with Crippen LogP contribution in [0.5, 0.6) is 5.75 Å². The largest absolute Gasteiger partial charge is 0.591 e. The molecule has 1 atom stereocenters. The number of ether oxygens (including phenoxy) is 1. The van der Waals surface area contributed by atoms with Gasteiger partial charge < -0.3 is 9.29 Å². The molecule has 0 fully saturated rings. The number of rotatable bonds is 5. The second-order valence-corrected chi connectivity index (χ2v) is 7.76. The summed E-state index contributed by atoms with van der Waals surface area (Å²) in [5, 5.41) is 0. The molecule has 0 bridgehead atoms. The van der Waals surface area contributed by atoms with Crippen molar-refractivity contribution in [3.63, 3.8) is 0 Å². The molecule has 1 unspecified atom stereocenters. The number of aryl methyl sites for hydroxylation is 1. The van der Waals surface area contributed by atoms with Crippen LogP contribution >= 0.6 is 0 Å². The van der Waals surface area contributed by atoms with Crippen molar-refractivity contribution in [2.45, 2.75) is 45.3 Å². The third-order valence-corrected chi connectivity index (χ3v) is 3.71. The highest BCUT2D eigenvalue weighted by atomic mass is 32.2. The maximum Gasteiger partial charge on any atom is 0.278 e. The molecule has 0 amide bonds. The van der Waals surface area contributed by atoms with Crippen LogP contribution in [0.15, 0.2) is 16.7 Å². The molecule has 0 spiro atoms. The summed E-state index contributed by atoms with van der Waals surface area (Å²) in [6.45, 7) is 7.28. The topological polar surface area (TPSA) is 57.5 Å². The van der Waals surface area contributed by atoms with E-state index in [0.717, 1.165) is 6.92 Å². The molecule has 0 aliphatic heterocycles. The number of alkyl halides is 2. The van der Waals surface area contributed by atoms with E-state index in [1.165, 1.54) is 12.4 Å². The number of halogens is 2. The number of hydrogen-bond acceptors (Lipinski definition) is 4. The van der Waals surface area contributed by atoms with Crippen molar-refractivity contribution in [2.24, 2.45) is 4.40 Å². The number of nitrogens with zero attached hydrogens (tertiary/aromatic N) is 2. The van der Waals surface area contributed by atoms with Gasteiger partial charge in [-0.2, -0.15) is 0 Å². The monoisotopic (exact) mass is 318 g/mol. The molecule has 1 aromatic heterocycles. The van der Waals surface area contributed by atoms with Gasteiger partial charge in [-0.1, -0.05) is 4.40 Å². The number of hydrogen-bond donors (Lipinski definition) is 0. The average molecular weight is 318 g/mol. The molecule has 118 valence electrons. The van der Waals surface area contributed by atoms with Gasteiger partial charge in [0.15, 0.2) is 6.61 Å². The lowest BCUT2D eigenvalue weighted by molar-refractivity contribution is -0.0232. The van der Waals surface area contributed by atoms with Crippen LogP contribution in [0.4, 0.5) is 8.78 Å². The van der Waals surface area contributed by atoms with E-state index in [1.54, 1.807) is 13.0 Å². The van der Waals surface area contributed by atoms with E-state index in [9.17, 15) is 13.3 Å². The van der Waals surface area contributed by atoms with Crippen LogP contribution in [-0.2, 0) is 11.4 Å². The summed E-state index contributed by atoms with van der Waals surface area (Å²) in [6.07, 6.45) is 2.77. The summed E-state index contributed by atoms with van der Waals surface area (Å²) in [5.74, 6) is -2.60. The van der Waals surface area contributed by atoms with Gasteiger partial charge in [0, 0.05) is 6.92 Å². The lowest BCUT2D eigenvalue weighted by Gasteiger charge is -2.17. The fourth-order valence-corrected chi connectivity index (χ4v) is 1.77. The first-order valence-corrected chi connectivity index (χ1v) is 7.53. The number of pyridine rings is 1. The summed E-state index contributed by atoms with van der Waals surface area (Å²) in [5.41, 5.74) is 1.16. The van der Waals surface area contributed by atoms with E-state index in [1.807, 2.05) is 20.8 Å². The number of aromatic nitrogens is 1. The molecule has 0 aliphatic rings. The van der Waals surface area contributed by atoms with Gasteiger partial charge in [-0.25, -0.2) is 8.78 Å². The molecule has 1 aromatic rings. The van der Waals surface area contributed by atoms with Crippen LogP contribution in [-0.4, -0.2) is 33.0 Å². The van der Waals surface area contributed by atoms with Crippen molar-refractivity contribution < 1.29 is 18.1 Å². The first-order chi connectivity index (χ1) is 9.49. The third-order valence-electron chi connectivity index (χ3n) is 2.37. The predicted molar refractivity (Wildman–Crippen MR) is 80.6 cm³/mol. The minimum Gasteiger partial charge on any atom is -0.591 e. The Bertz CT molecular complexity index is 511. The van der Waals surface area contributed by atoms with E-state index in [0.29, 0.717) is 17.0 Å². The van der Waals surface area contributed by atoms with E-state index in [4.69, 9.17) is 4.74 Å². The summed E-state index contributed by atoms with van der Waals surface area (Å²) in [6, 6.07) is 1.65. The lowest BCUT2D eigenvalue weighted by atomic mass is 10.2. The average Bonchev–Trinajstić information content (AvgIpc) is 2.32. The molecule has 0 aromatic carbocycles. The molecule has 0 saturated carbocycles. The molecule has 0 aliphatic carbocycles.